The Morgan fingerprint density at radius 1 is 0.750 bits per heavy atom. The molecule has 18 heteroatoms. The number of aryl methyl sites for hydroxylation is 2. The molecule has 0 unspecified atom stereocenters. The molecule has 0 bridgehead atoms. The van der Waals surface area contributed by atoms with Gasteiger partial charge < -0.3 is 44.2 Å². The summed E-state index contributed by atoms with van der Waals surface area (Å²) in [4.78, 5) is 44.4. The molecule has 18 nitrogen and oxygen atoms in total. The first-order valence-electron chi connectivity index (χ1n) is 14.0. The lowest BCUT2D eigenvalue weighted by atomic mass is 10.0. The van der Waals surface area contributed by atoms with Crippen LogP contribution in [0, 0.1) is 0 Å². The zero-order valence-electron chi connectivity index (χ0n) is 26.6. The number of nitrogen functional groups attached to an aromatic ring is 2. The Morgan fingerprint density at radius 2 is 1.23 bits per heavy atom. The molecule has 0 amide bonds. The minimum atomic E-state index is -0.927. The Morgan fingerprint density at radius 3 is 1.62 bits per heavy atom. The van der Waals surface area contributed by atoms with E-state index < -0.39 is 5.97 Å². The van der Waals surface area contributed by atoms with Crippen molar-refractivity contribution in [2.24, 2.45) is 21.9 Å². The molecule has 2 heterocycles. The smallest absolute Gasteiger partial charge is 0.337 e. The van der Waals surface area contributed by atoms with Gasteiger partial charge in [-0.05, 0) is 78.9 Å². The quantitative estimate of drug-likeness (QED) is 0.0598. The van der Waals surface area contributed by atoms with Gasteiger partial charge in [-0.1, -0.05) is 12.1 Å². The maximum atomic E-state index is 11.3. The van der Waals surface area contributed by atoms with Gasteiger partial charge in [0.2, 0.25) is 0 Å². The predicted octanol–water partition coefficient (Wildman–Crippen LogP) is -0.568. The molecule has 48 heavy (non-hydrogen) atoms. The van der Waals surface area contributed by atoms with E-state index in [0.29, 0.717) is 40.4 Å². The second kappa shape index (κ2) is 21.2. The van der Waals surface area contributed by atoms with Crippen LogP contribution in [0.1, 0.15) is 59.2 Å². The van der Waals surface area contributed by atoms with Crippen molar-refractivity contribution in [3.63, 3.8) is 0 Å². The number of benzene rings is 2. The van der Waals surface area contributed by atoms with Crippen molar-refractivity contribution in [2.45, 2.75) is 19.3 Å². The molecular formula is C30H40N12O6. The highest BCUT2D eigenvalue weighted by Gasteiger charge is 2.10. The number of nitrogens with one attached hydrogen (secondary N) is 2. The van der Waals surface area contributed by atoms with Gasteiger partial charge in [-0.25, -0.2) is 4.79 Å². The van der Waals surface area contributed by atoms with Crippen LogP contribution in [0.5, 0.6) is 0 Å². The van der Waals surface area contributed by atoms with Crippen molar-refractivity contribution >= 4 is 36.2 Å². The van der Waals surface area contributed by atoms with E-state index in [0.717, 1.165) is 59.1 Å². The number of rotatable bonds is 10. The number of nitrogens with two attached hydrogens (primary N) is 4. The molecule has 0 saturated carbocycles. The van der Waals surface area contributed by atoms with E-state index in [2.05, 4.69) is 31.0 Å². The molecule has 0 aliphatic carbocycles. The van der Waals surface area contributed by atoms with E-state index in [1.807, 2.05) is 24.3 Å². The summed E-state index contributed by atoms with van der Waals surface area (Å²) in [5.74, 6) is 19.5. The van der Waals surface area contributed by atoms with Gasteiger partial charge in [0, 0.05) is 38.1 Å². The van der Waals surface area contributed by atoms with Gasteiger partial charge in [-0.2, -0.15) is 19.8 Å². The Balaban J connectivity index is 0.000000398. The first-order chi connectivity index (χ1) is 23.1. The maximum absolute atomic E-state index is 11.3. The number of hydrogen-bond donors (Lipinski definition) is 8. The summed E-state index contributed by atoms with van der Waals surface area (Å²) in [6, 6.07) is 17.2. The van der Waals surface area contributed by atoms with Crippen LogP contribution in [0.3, 0.4) is 0 Å². The lowest BCUT2D eigenvalue weighted by Gasteiger charge is -2.10. The van der Waals surface area contributed by atoms with Crippen molar-refractivity contribution in [1.29, 1.82) is 0 Å². The average molecular weight is 665 g/mol. The molecule has 2 aromatic heterocycles. The molecule has 4 aromatic rings. The molecule has 256 valence electrons. The van der Waals surface area contributed by atoms with Gasteiger partial charge in [-0.15, -0.1) is 10.2 Å². The summed E-state index contributed by atoms with van der Waals surface area (Å²) in [5, 5.41) is 36.0. The fourth-order valence-electron chi connectivity index (χ4n) is 3.94. The Bertz CT molecular complexity index is 1740. The summed E-state index contributed by atoms with van der Waals surface area (Å²) in [6.45, 7) is 0. The van der Waals surface area contributed by atoms with Gasteiger partial charge in [0.15, 0.2) is 29.8 Å². The van der Waals surface area contributed by atoms with Crippen molar-refractivity contribution in [1.82, 2.24) is 19.8 Å². The van der Waals surface area contributed by atoms with Crippen LogP contribution in [-0.4, -0.2) is 76.0 Å². The normalized spacial score (nSPS) is 10.5. The van der Waals surface area contributed by atoms with E-state index in [1.54, 1.807) is 26.2 Å². The van der Waals surface area contributed by atoms with E-state index >= 15 is 0 Å². The zero-order valence-corrected chi connectivity index (χ0v) is 26.6. The van der Waals surface area contributed by atoms with Crippen LogP contribution >= 0.6 is 0 Å². The van der Waals surface area contributed by atoms with Crippen molar-refractivity contribution < 1.29 is 29.4 Å². The van der Waals surface area contributed by atoms with Gasteiger partial charge in [0.25, 0.3) is 0 Å². The predicted molar refractivity (Wildman–Crippen MR) is 180 cm³/mol. The lowest BCUT2D eigenvalue weighted by molar-refractivity contribution is 0.0697. The molecule has 0 saturated heterocycles. The fraction of sp³-hybridized carbons (Fsp3) is 0.200. The number of carboxylic acid groups (broad SMARTS) is 1. The van der Waals surface area contributed by atoms with E-state index in [-0.39, 0.29) is 11.4 Å². The fourth-order valence-corrected chi connectivity index (χ4v) is 3.94. The molecule has 0 aliphatic rings. The third-order valence-corrected chi connectivity index (χ3v) is 6.26. The number of aromatic carboxylic acids is 1. The van der Waals surface area contributed by atoms with Crippen LogP contribution in [-0.2, 0) is 12.8 Å². The SMILES string of the molecule is CNc1cc(CCCc2ccc(NC)c(C(=O)O)c2)ccc1C=O.CO.N/N=c1/ccc(C=O)nn1N.N/N=c1/ccc(C=O)nn1N. The highest BCUT2D eigenvalue weighted by molar-refractivity contribution is 5.94. The minimum absolute atomic E-state index is 0.236. The van der Waals surface area contributed by atoms with Gasteiger partial charge in [0.05, 0.1) is 5.56 Å². The van der Waals surface area contributed by atoms with E-state index in [1.165, 1.54) is 24.3 Å². The summed E-state index contributed by atoms with van der Waals surface area (Å²) in [7, 11) is 4.51. The number of carbonyl (C=O) groups excluding carboxylic acids is 3. The topological polar surface area (TPSA) is 297 Å². The van der Waals surface area contributed by atoms with Crippen LogP contribution in [0.2, 0.25) is 0 Å². The zero-order chi connectivity index (χ0) is 36.1. The molecule has 0 fully saturated rings. The second-order valence-corrected chi connectivity index (χ2v) is 9.19. The number of aromatic nitrogens is 4. The molecule has 0 spiro atoms. The molecule has 4 rings (SSSR count). The molecule has 2 aromatic carbocycles. The third kappa shape index (κ3) is 12.1. The molecule has 12 N–H and O–H groups in total. The summed E-state index contributed by atoms with van der Waals surface area (Å²) in [6.07, 6.45) is 4.58. The molecule has 0 atom stereocenters. The van der Waals surface area contributed by atoms with Gasteiger partial charge in [-0.3, -0.25) is 14.4 Å². The van der Waals surface area contributed by atoms with Crippen molar-refractivity contribution in [3.8, 4) is 0 Å². The van der Waals surface area contributed by atoms with Crippen LogP contribution < -0.4 is 45.0 Å². The third-order valence-electron chi connectivity index (χ3n) is 6.26. The second-order valence-electron chi connectivity index (χ2n) is 9.19. The highest BCUT2D eigenvalue weighted by atomic mass is 16.4. The summed E-state index contributed by atoms with van der Waals surface area (Å²) in [5.41, 5.74) is 5.62. The number of aldehydes is 3. The Kier molecular flexibility index (Phi) is 17.5. The lowest BCUT2D eigenvalue weighted by Crippen LogP contribution is -2.31. The first kappa shape index (κ1) is 39.5. The highest BCUT2D eigenvalue weighted by Crippen LogP contribution is 2.20. The van der Waals surface area contributed by atoms with E-state index in [9.17, 15) is 24.3 Å². The Labute approximate surface area is 275 Å². The van der Waals surface area contributed by atoms with Gasteiger partial charge in [0.1, 0.15) is 11.4 Å². The minimum Gasteiger partial charge on any atom is -0.478 e. The number of anilines is 2. The standard InChI is InChI=1S/C19H22N2O3.2C5H7N5O.CH4O/c1-20-17-9-7-13(10-16(17)19(23)24)4-3-5-14-6-8-15(12-22)18(11-14)21-2;2*6-8-5-2-1-4(3-11)9-10(5)7;1-2/h6-12,20-21H,3-5H2,1-2H3,(H,23,24);2*1-3H,6-7H2;2H,1H3/b;2*8-5-;. The molecular weight excluding hydrogens is 624 g/mol. The largest absolute Gasteiger partial charge is 0.478 e. The van der Waals surface area contributed by atoms with E-state index in [4.69, 9.17) is 28.5 Å². The number of hydrogen-bond acceptors (Lipinski definition) is 15. The number of nitrogens with zero attached hydrogens (tertiary/aromatic N) is 6. The maximum Gasteiger partial charge on any atom is 0.337 e. The van der Waals surface area contributed by atoms with Crippen LogP contribution in [0.15, 0.2) is 70.9 Å². The monoisotopic (exact) mass is 664 g/mol. The van der Waals surface area contributed by atoms with Crippen molar-refractivity contribution in [3.05, 3.63) is 105 Å². The van der Waals surface area contributed by atoms with Crippen molar-refractivity contribution in [2.75, 3.05) is 43.5 Å². The summed E-state index contributed by atoms with van der Waals surface area (Å²) >= 11 is 0. The van der Waals surface area contributed by atoms with Gasteiger partial charge >= 0.3 is 5.97 Å². The number of carbonyl (C=O) groups is 4. The number of carboxylic acids is 1. The molecule has 0 aliphatic heterocycles. The average Bonchev–Trinajstić information content (AvgIpc) is 3.12. The summed E-state index contributed by atoms with van der Waals surface area (Å²) < 4.78 is 0. The van der Waals surface area contributed by atoms with Crippen LogP contribution in [0.4, 0.5) is 11.4 Å². The first-order valence-corrected chi connectivity index (χ1v) is 14.0. The number of aliphatic hydroxyl groups is 1. The number of aliphatic hydroxyl groups excluding tert-OH is 1. The Hall–Kier alpha value is -6.56. The molecule has 0 radical (unpaired) electrons. The van der Waals surface area contributed by atoms with Crippen LogP contribution in [0.25, 0.3) is 0 Å².